The fourth-order valence-electron chi connectivity index (χ4n) is 1.73. The van der Waals surface area contributed by atoms with Crippen LogP contribution in [0, 0.1) is 12.7 Å². The molecule has 0 aliphatic heterocycles. The van der Waals surface area contributed by atoms with Crippen LogP contribution < -0.4 is 0 Å². The van der Waals surface area contributed by atoms with Gasteiger partial charge in [0.2, 0.25) is 0 Å². The molecule has 1 aromatic carbocycles. The average molecular weight is 315 g/mol. The minimum Gasteiger partial charge on any atom is -0.388 e. The summed E-state index contributed by atoms with van der Waals surface area (Å²) in [7, 11) is 0. The number of halogens is 2. The largest absolute Gasteiger partial charge is 0.388 e. The molecule has 0 radical (unpaired) electrons. The van der Waals surface area contributed by atoms with Crippen molar-refractivity contribution >= 4 is 27.3 Å². The lowest BCUT2D eigenvalue weighted by Gasteiger charge is -2.12. The minimum absolute atomic E-state index is 0.308. The van der Waals surface area contributed by atoms with Crippen LogP contribution in [0.3, 0.4) is 0 Å². The molecule has 0 aliphatic carbocycles. The van der Waals surface area contributed by atoms with Gasteiger partial charge in [-0.1, -0.05) is 6.07 Å². The highest BCUT2D eigenvalue weighted by atomic mass is 79.9. The summed E-state index contributed by atoms with van der Waals surface area (Å²) in [6, 6.07) is 8.42. The highest BCUT2D eigenvalue weighted by Gasteiger charge is 2.13. The van der Waals surface area contributed by atoms with Crippen LogP contribution in [0.2, 0.25) is 0 Å². The number of thiophene rings is 1. The number of hydrogen-bond donors (Lipinski definition) is 1. The van der Waals surface area contributed by atoms with Gasteiger partial charge in [-0.2, -0.15) is 0 Å². The summed E-state index contributed by atoms with van der Waals surface area (Å²) in [5, 5.41) is 10.1. The zero-order chi connectivity index (χ0) is 12.4. The van der Waals surface area contributed by atoms with E-state index >= 15 is 0 Å². The molecule has 2 rings (SSSR count). The first-order valence-corrected chi connectivity index (χ1v) is 6.85. The highest BCUT2D eigenvalue weighted by Crippen LogP contribution is 2.28. The summed E-state index contributed by atoms with van der Waals surface area (Å²) in [5.41, 5.74) is 1.57. The zero-order valence-electron chi connectivity index (χ0n) is 9.28. The Kier molecular flexibility index (Phi) is 3.97. The number of aliphatic hydroxyl groups excluding tert-OH is 1. The van der Waals surface area contributed by atoms with E-state index < -0.39 is 6.10 Å². The van der Waals surface area contributed by atoms with Crippen LogP contribution in [-0.2, 0) is 6.42 Å². The van der Waals surface area contributed by atoms with Crippen LogP contribution in [0.4, 0.5) is 4.39 Å². The Balaban J connectivity index is 2.19. The first kappa shape index (κ1) is 12.7. The molecule has 0 bridgehead atoms. The molecule has 0 saturated carbocycles. The molecular weight excluding hydrogens is 303 g/mol. The maximum Gasteiger partial charge on any atom is 0.123 e. The number of benzene rings is 1. The molecule has 0 amide bonds. The van der Waals surface area contributed by atoms with Crippen molar-refractivity contribution < 1.29 is 9.50 Å². The van der Waals surface area contributed by atoms with Gasteiger partial charge in [0.05, 0.1) is 9.89 Å². The molecule has 2 aromatic rings. The van der Waals surface area contributed by atoms with Crippen LogP contribution in [0.1, 0.15) is 22.1 Å². The summed E-state index contributed by atoms with van der Waals surface area (Å²) in [6.07, 6.45) is -0.142. The molecule has 4 heteroatoms. The van der Waals surface area contributed by atoms with E-state index in [4.69, 9.17) is 0 Å². The van der Waals surface area contributed by atoms with Crippen molar-refractivity contribution in [3.8, 4) is 0 Å². The predicted molar refractivity (Wildman–Crippen MR) is 71.8 cm³/mol. The normalized spacial score (nSPS) is 12.7. The van der Waals surface area contributed by atoms with Gasteiger partial charge in [-0.15, -0.1) is 11.3 Å². The van der Waals surface area contributed by atoms with Crippen molar-refractivity contribution in [3.63, 3.8) is 0 Å². The predicted octanol–water partition coefficient (Wildman–Crippen LogP) is 4.23. The second kappa shape index (κ2) is 5.29. The Labute approximate surface area is 112 Å². The third-order valence-electron chi connectivity index (χ3n) is 2.62. The van der Waals surface area contributed by atoms with Gasteiger partial charge < -0.3 is 5.11 Å². The minimum atomic E-state index is -0.656. The van der Waals surface area contributed by atoms with Crippen molar-refractivity contribution in [3.05, 3.63) is 55.9 Å². The van der Waals surface area contributed by atoms with Gasteiger partial charge >= 0.3 is 0 Å². The number of rotatable bonds is 3. The molecule has 17 heavy (non-hydrogen) atoms. The molecule has 1 atom stereocenters. The van der Waals surface area contributed by atoms with Crippen molar-refractivity contribution in [2.45, 2.75) is 19.4 Å². The third-order valence-corrected chi connectivity index (χ3v) is 4.27. The Morgan fingerprint density at radius 2 is 2.12 bits per heavy atom. The summed E-state index contributed by atoms with van der Waals surface area (Å²) in [4.78, 5) is 1.08. The molecule has 0 fully saturated rings. The first-order valence-electron chi connectivity index (χ1n) is 5.24. The zero-order valence-corrected chi connectivity index (χ0v) is 11.7. The van der Waals surface area contributed by atoms with E-state index in [1.807, 2.05) is 19.1 Å². The van der Waals surface area contributed by atoms with Crippen LogP contribution in [0.5, 0.6) is 0 Å². The molecule has 1 N–H and O–H groups in total. The van der Waals surface area contributed by atoms with E-state index in [1.54, 1.807) is 17.4 Å². The van der Waals surface area contributed by atoms with Gasteiger partial charge in [0.25, 0.3) is 0 Å². The molecule has 90 valence electrons. The molecule has 1 heterocycles. The molecule has 0 saturated heterocycles. The second-order valence-electron chi connectivity index (χ2n) is 3.93. The fraction of sp³-hybridized carbons (Fsp3) is 0.231. The van der Waals surface area contributed by atoms with Crippen molar-refractivity contribution in [1.82, 2.24) is 0 Å². The standard InChI is InChI=1S/C13H12BrFOS/c1-8-2-3-9(15)6-11(8)12(16)7-10-4-5-13(14)17-10/h2-6,12,16H,7H2,1H3. The average Bonchev–Trinajstić information content (AvgIpc) is 2.67. The van der Waals surface area contributed by atoms with Gasteiger partial charge in [-0.05, 0) is 58.2 Å². The van der Waals surface area contributed by atoms with Crippen LogP contribution >= 0.6 is 27.3 Å². The monoisotopic (exact) mass is 314 g/mol. The summed E-state index contributed by atoms with van der Waals surface area (Å²) in [5.74, 6) is -0.308. The SMILES string of the molecule is Cc1ccc(F)cc1C(O)Cc1ccc(Br)s1. The van der Waals surface area contributed by atoms with Crippen LogP contribution in [-0.4, -0.2) is 5.11 Å². The van der Waals surface area contributed by atoms with Crippen molar-refractivity contribution in [2.75, 3.05) is 0 Å². The quantitative estimate of drug-likeness (QED) is 0.898. The van der Waals surface area contributed by atoms with Gasteiger partial charge in [-0.3, -0.25) is 0 Å². The maximum atomic E-state index is 13.1. The molecule has 0 spiro atoms. The third kappa shape index (κ3) is 3.15. The Morgan fingerprint density at radius 1 is 1.35 bits per heavy atom. The molecular formula is C13H12BrFOS. The maximum absolute atomic E-state index is 13.1. The van der Waals surface area contributed by atoms with Crippen molar-refractivity contribution in [1.29, 1.82) is 0 Å². The van der Waals surface area contributed by atoms with Gasteiger partial charge in [0.1, 0.15) is 5.82 Å². The van der Waals surface area contributed by atoms with Gasteiger partial charge in [-0.25, -0.2) is 4.39 Å². The smallest absolute Gasteiger partial charge is 0.123 e. The lowest BCUT2D eigenvalue weighted by molar-refractivity contribution is 0.178. The van der Waals surface area contributed by atoms with Crippen LogP contribution in [0.25, 0.3) is 0 Å². The molecule has 1 aromatic heterocycles. The molecule has 1 unspecified atom stereocenters. The van der Waals surface area contributed by atoms with E-state index in [0.717, 1.165) is 14.2 Å². The van der Waals surface area contributed by atoms with E-state index in [1.165, 1.54) is 12.1 Å². The van der Waals surface area contributed by atoms with Gasteiger partial charge in [0.15, 0.2) is 0 Å². The Bertz CT molecular complexity index is 524. The number of aryl methyl sites for hydroxylation is 1. The Hall–Kier alpha value is -0.710. The van der Waals surface area contributed by atoms with Crippen LogP contribution in [0.15, 0.2) is 34.1 Å². The molecule has 1 nitrogen and oxygen atoms in total. The highest BCUT2D eigenvalue weighted by molar-refractivity contribution is 9.11. The van der Waals surface area contributed by atoms with Crippen molar-refractivity contribution in [2.24, 2.45) is 0 Å². The van der Waals surface area contributed by atoms with E-state index in [2.05, 4.69) is 15.9 Å². The van der Waals surface area contributed by atoms with Gasteiger partial charge in [0, 0.05) is 11.3 Å². The number of aliphatic hydroxyl groups is 1. The van der Waals surface area contributed by atoms with E-state index in [-0.39, 0.29) is 5.82 Å². The number of hydrogen-bond acceptors (Lipinski definition) is 2. The first-order chi connectivity index (χ1) is 8.06. The Morgan fingerprint density at radius 3 is 2.76 bits per heavy atom. The topological polar surface area (TPSA) is 20.2 Å². The van der Waals surface area contributed by atoms with E-state index in [0.29, 0.717) is 12.0 Å². The lowest BCUT2D eigenvalue weighted by Crippen LogP contribution is -2.03. The summed E-state index contributed by atoms with van der Waals surface area (Å²) >= 11 is 4.96. The second-order valence-corrected chi connectivity index (χ2v) is 6.47. The fourth-order valence-corrected chi connectivity index (χ4v) is 3.25. The molecule has 0 aliphatic rings. The lowest BCUT2D eigenvalue weighted by atomic mass is 10.0. The van der Waals surface area contributed by atoms with E-state index in [9.17, 15) is 9.50 Å². The summed E-state index contributed by atoms with van der Waals surface area (Å²) in [6.45, 7) is 1.88. The summed E-state index contributed by atoms with van der Waals surface area (Å²) < 4.78 is 14.2.